The lowest BCUT2D eigenvalue weighted by molar-refractivity contribution is -0.132. The Bertz CT molecular complexity index is 909. The van der Waals surface area contributed by atoms with Gasteiger partial charge in [-0.1, -0.05) is 51.1 Å². The summed E-state index contributed by atoms with van der Waals surface area (Å²) in [4.78, 5) is 13.5. The van der Waals surface area contributed by atoms with Gasteiger partial charge in [0.05, 0.1) is 5.54 Å². The fraction of sp³-hybridized carbons (Fsp3) is 0.680. The molecule has 1 heterocycles. The third-order valence-corrected chi connectivity index (χ3v) is 8.90. The zero-order chi connectivity index (χ0) is 23.5. The second-order valence-corrected chi connectivity index (χ2v) is 11.1. The van der Waals surface area contributed by atoms with Crippen LogP contribution in [-0.2, 0) is 0 Å². The van der Waals surface area contributed by atoms with E-state index in [0.29, 0.717) is 11.6 Å². The minimum absolute atomic E-state index is 0.0128. The molecule has 176 valence electrons. The van der Waals surface area contributed by atoms with E-state index in [1.165, 1.54) is 11.4 Å². The Balaban J connectivity index is 1.60. The number of hydrazone groups is 1. The molecule has 1 aromatic rings. The number of carbonyl (C=O) groups is 1. The third kappa shape index (κ3) is 3.61. The second-order valence-electron chi connectivity index (χ2n) is 11.1. The topological polar surface area (TPSA) is 44.7 Å². The Kier molecular flexibility index (Phi) is 5.41. The Morgan fingerprint density at radius 2 is 1.81 bits per heavy atom. The predicted octanol–water partition coefficient (Wildman–Crippen LogP) is 6.49. The van der Waals surface area contributed by atoms with Gasteiger partial charge in [0.1, 0.15) is 0 Å². The molecule has 4 atom stereocenters. The smallest absolute Gasteiger partial charge is 0.333 e. The monoisotopic (exact) mass is 449 g/mol. The van der Waals surface area contributed by atoms with Crippen LogP contribution in [0.5, 0.6) is 0 Å². The van der Waals surface area contributed by atoms with Gasteiger partial charge in [-0.25, -0.2) is 9.80 Å². The molecule has 0 spiro atoms. The van der Waals surface area contributed by atoms with E-state index in [1.807, 2.05) is 44.2 Å². The number of nitrogens with one attached hydrogen (secondary N) is 1. The Hall–Kier alpha value is -2.05. The molecule has 1 N–H and O–H groups in total. The highest BCUT2D eigenvalue weighted by molar-refractivity contribution is 5.96. The van der Waals surface area contributed by atoms with Crippen molar-refractivity contribution in [1.82, 2.24) is 10.3 Å². The van der Waals surface area contributed by atoms with Crippen molar-refractivity contribution in [3.63, 3.8) is 0 Å². The number of rotatable bonds is 4. The maximum absolute atomic E-state index is 13.5. The van der Waals surface area contributed by atoms with Crippen LogP contribution in [0.3, 0.4) is 0 Å². The summed E-state index contributed by atoms with van der Waals surface area (Å²) in [6.07, 6.45) is -2.24. The van der Waals surface area contributed by atoms with Crippen LogP contribution in [-0.4, -0.2) is 34.5 Å². The number of benzene rings is 1. The fourth-order valence-electron chi connectivity index (χ4n) is 6.49. The number of amides is 2. The molecule has 2 saturated carbocycles. The van der Waals surface area contributed by atoms with Crippen molar-refractivity contribution < 1.29 is 18.0 Å². The van der Waals surface area contributed by atoms with Gasteiger partial charge in [0.15, 0.2) is 0 Å². The molecular weight excluding hydrogens is 415 g/mol. The molecule has 2 bridgehead atoms. The van der Waals surface area contributed by atoms with E-state index in [1.54, 1.807) is 0 Å². The molecular formula is C25H34F3N3O. The van der Waals surface area contributed by atoms with Crippen molar-refractivity contribution in [3.05, 3.63) is 35.9 Å². The third-order valence-electron chi connectivity index (χ3n) is 8.90. The van der Waals surface area contributed by atoms with Crippen molar-refractivity contribution in [2.45, 2.75) is 90.4 Å². The number of halogens is 3. The number of hydrogen-bond acceptors (Lipinski definition) is 2. The lowest BCUT2D eigenvalue weighted by Crippen LogP contribution is -2.54. The largest absolute Gasteiger partial charge is 0.389 e. The number of alkyl halides is 3. The van der Waals surface area contributed by atoms with Crippen LogP contribution in [0.4, 0.5) is 18.0 Å². The van der Waals surface area contributed by atoms with Crippen LogP contribution in [0.15, 0.2) is 35.4 Å². The van der Waals surface area contributed by atoms with Gasteiger partial charge in [-0.15, -0.1) is 0 Å². The first kappa shape index (κ1) is 23.1. The van der Waals surface area contributed by atoms with Crippen molar-refractivity contribution in [2.24, 2.45) is 21.8 Å². The summed E-state index contributed by atoms with van der Waals surface area (Å²) < 4.78 is 39.0. The molecule has 1 unspecified atom stereocenters. The van der Waals surface area contributed by atoms with Gasteiger partial charge in [0.25, 0.3) is 0 Å². The summed E-state index contributed by atoms with van der Waals surface area (Å²) in [5, 5.41) is 9.13. The molecule has 3 aliphatic rings. The maximum Gasteiger partial charge on any atom is 0.389 e. The number of carbonyl (C=O) groups excluding carboxylic acids is 1. The van der Waals surface area contributed by atoms with E-state index in [-0.39, 0.29) is 35.2 Å². The van der Waals surface area contributed by atoms with Gasteiger partial charge in [-0.2, -0.15) is 18.3 Å². The first-order valence-electron chi connectivity index (χ1n) is 11.6. The Morgan fingerprint density at radius 1 is 1.16 bits per heavy atom. The fourth-order valence-corrected chi connectivity index (χ4v) is 6.49. The number of fused-ring (bicyclic) bond motifs is 2. The molecule has 32 heavy (non-hydrogen) atoms. The SMILES string of the molecule is CC1(C)C(c2ccccc2)C(CCC(F)(F)F)=NN1C(=O)N[C@H]1C[C@H]2CC[C@]1(C)C2(C)C. The van der Waals surface area contributed by atoms with E-state index < -0.39 is 18.1 Å². The van der Waals surface area contributed by atoms with Crippen LogP contribution >= 0.6 is 0 Å². The van der Waals surface area contributed by atoms with Crippen molar-refractivity contribution in [2.75, 3.05) is 0 Å². The van der Waals surface area contributed by atoms with Crippen LogP contribution in [0, 0.1) is 16.7 Å². The molecule has 1 aromatic carbocycles. The van der Waals surface area contributed by atoms with E-state index in [9.17, 15) is 18.0 Å². The van der Waals surface area contributed by atoms with Gasteiger partial charge in [0, 0.05) is 24.1 Å². The molecule has 2 amide bonds. The Morgan fingerprint density at radius 3 is 2.34 bits per heavy atom. The number of nitrogens with zero attached hydrogens (tertiary/aromatic N) is 2. The quantitative estimate of drug-likeness (QED) is 0.561. The predicted molar refractivity (Wildman–Crippen MR) is 119 cm³/mol. The van der Waals surface area contributed by atoms with Crippen LogP contribution in [0.2, 0.25) is 0 Å². The molecule has 2 fully saturated rings. The molecule has 7 heteroatoms. The Labute approximate surface area is 188 Å². The van der Waals surface area contributed by atoms with Crippen molar-refractivity contribution in [3.8, 4) is 0 Å². The summed E-state index contributed by atoms with van der Waals surface area (Å²) in [7, 11) is 0. The van der Waals surface area contributed by atoms with E-state index in [2.05, 4.69) is 31.2 Å². The van der Waals surface area contributed by atoms with Crippen molar-refractivity contribution in [1.29, 1.82) is 0 Å². The second kappa shape index (κ2) is 7.49. The van der Waals surface area contributed by atoms with Gasteiger partial charge in [-0.05, 0) is 61.8 Å². The molecule has 0 saturated heterocycles. The summed E-state index contributed by atoms with van der Waals surface area (Å²) in [5.74, 6) is 0.191. The number of hydrogen-bond donors (Lipinski definition) is 1. The first-order chi connectivity index (χ1) is 14.8. The maximum atomic E-state index is 13.5. The van der Waals surface area contributed by atoms with Crippen molar-refractivity contribution >= 4 is 11.7 Å². The van der Waals surface area contributed by atoms with Gasteiger partial charge in [-0.3, -0.25) is 0 Å². The average molecular weight is 450 g/mol. The van der Waals surface area contributed by atoms with E-state index in [4.69, 9.17) is 0 Å². The minimum Gasteiger partial charge on any atom is -0.333 e. The molecule has 1 aliphatic heterocycles. The van der Waals surface area contributed by atoms with Gasteiger partial charge < -0.3 is 5.32 Å². The van der Waals surface area contributed by atoms with Gasteiger partial charge in [0.2, 0.25) is 0 Å². The highest BCUT2D eigenvalue weighted by Gasteiger charge is 2.62. The van der Waals surface area contributed by atoms with E-state index >= 15 is 0 Å². The summed E-state index contributed by atoms with van der Waals surface area (Å²) in [6.45, 7) is 10.6. The zero-order valence-electron chi connectivity index (χ0n) is 19.6. The summed E-state index contributed by atoms with van der Waals surface area (Å²) in [6, 6.07) is 9.14. The lowest BCUT2D eigenvalue weighted by Gasteiger charge is -2.41. The number of urea groups is 1. The molecule has 4 nitrogen and oxygen atoms in total. The standard InChI is InChI=1S/C25H34F3N3O/c1-22(2)17-11-13-24(22,5)19(15-17)29-21(32)31-23(3,4)20(16-9-7-6-8-10-16)18(30-31)12-14-25(26,27)28/h6-10,17,19-20H,11-15H2,1-5H3,(H,29,32)/t17-,19+,20?,24+/m1/s1. The molecule has 2 aliphatic carbocycles. The minimum atomic E-state index is -4.27. The first-order valence-corrected chi connectivity index (χ1v) is 11.6. The van der Waals surface area contributed by atoms with Crippen LogP contribution in [0.25, 0.3) is 0 Å². The normalized spacial score (nSPS) is 32.8. The van der Waals surface area contributed by atoms with Gasteiger partial charge >= 0.3 is 12.2 Å². The zero-order valence-corrected chi connectivity index (χ0v) is 19.6. The van der Waals surface area contributed by atoms with E-state index in [0.717, 1.165) is 18.4 Å². The summed E-state index contributed by atoms with van der Waals surface area (Å²) >= 11 is 0. The average Bonchev–Trinajstić information content (AvgIpc) is 3.17. The highest BCUT2D eigenvalue weighted by Crippen LogP contribution is 2.65. The molecule has 0 aromatic heterocycles. The molecule has 4 rings (SSSR count). The molecule has 0 radical (unpaired) electrons. The van der Waals surface area contributed by atoms with Crippen LogP contribution in [0.1, 0.15) is 78.2 Å². The highest BCUT2D eigenvalue weighted by atomic mass is 19.4. The van der Waals surface area contributed by atoms with Crippen LogP contribution < -0.4 is 5.32 Å². The lowest BCUT2D eigenvalue weighted by atomic mass is 9.69. The summed E-state index contributed by atoms with van der Waals surface area (Å²) in [5.41, 5.74) is 0.674.